The first-order chi connectivity index (χ1) is 10.2. The summed E-state index contributed by atoms with van der Waals surface area (Å²) in [5.74, 6) is 0.995. The van der Waals surface area contributed by atoms with Crippen molar-refractivity contribution in [3.8, 4) is 5.75 Å². The summed E-state index contributed by atoms with van der Waals surface area (Å²) >= 11 is 0. The molecule has 0 aliphatic carbocycles. The lowest BCUT2D eigenvalue weighted by atomic mass is 10.0. The molecule has 1 fully saturated rings. The number of rotatable bonds is 3. The molecular formula is C16H24ClN3O2. The van der Waals surface area contributed by atoms with Crippen LogP contribution in [0, 0.1) is 0 Å². The molecule has 1 aromatic rings. The molecule has 3 rings (SSSR count). The third kappa shape index (κ3) is 3.91. The van der Waals surface area contributed by atoms with Crippen molar-refractivity contribution in [1.82, 2.24) is 15.5 Å². The fraction of sp³-hybridized carbons (Fsp3) is 0.562. The molecule has 2 atom stereocenters. The van der Waals surface area contributed by atoms with Crippen LogP contribution >= 0.6 is 12.4 Å². The largest absolute Gasteiger partial charge is 0.493 e. The number of para-hydroxylation sites is 1. The summed E-state index contributed by atoms with van der Waals surface area (Å²) in [7, 11) is 0. The number of nitrogens with zero attached hydrogens (tertiary/aromatic N) is 1. The molecule has 1 aromatic carbocycles. The van der Waals surface area contributed by atoms with Crippen LogP contribution in [0.5, 0.6) is 5.75 Å². The van der Waals surface area contributed by atoms with Gasteiger partial charge in [-0.1, -0.05) is 18.2 Å². The van der Waals surface area contributed by atoms with E-state index in [1.165, 1.54) is 0 Å². The Morgan fingerprint density at radius 2 is 2.27 bits per heavy atom. The van der Waals surface area contributed by atoms with Crippen LogP contribution < -0.4 is 15.4 Å². The third-order valence-corrected chi connectivity index (χ3v) is 4.28. The summed E-state index contributed by atoms with van der Waals surface area (Å²) in [6.45, 7) is 6.13. The minimum absolute atomic E-state index is 0. The highest BCUT2D eigenvalue weighted by molar-refractivity contribution is 5.85. The molecule has 0 aromatic heterocycles. The Bertz CT molecular complexity index is 512. The standard InChI is InChI=1S/C16H23N3O2.ClH/c1-12-10-17-7-8-19(12)11-16(20)18-14-6-9-21-15-5-3-2-4-13(14)15;/h2-5,12,14,17H,6-11H2,1H3,(H,18,20);1H/t12-,14?;/m1./s1. The molecule has 1 unspecified atom stereocenters. The van der Waals surface area contributed by atoms with Gasteiger partial charge in [-0.25, -0.2) is 0 Å². The van der Waals surface area contributed by atoms with Crippen molar-refractivity contribution in [3.63, 3.8) is 0 Å². The quantitative estimate of drug-likeness (QED) is 0.880. The van der Waals surface area contributed by atoms with E-state index in [2.05, 4.69) is 22.5 Å². The van der Waals surface area contributed by atoms with Gasteiger partial charge in [0.2, 0.25) is 5.91 Å². The zero-order valence-electron chi connectivity index (χ0n) is 12.9. The van der Waals surface area contributed by atoms with Crippen molar-refractivity contribution in [2.24, 2.45) is 0 Å². The fourth-order valence-corrected chi connectivity index (χ4v) is 3.03. The van der Waals surface area contributed by atoms with E-state index in [0.29, 0.717) is 19.2 Å². The zero-order chi connectivity index (χ0) is 14.7. The average molecular weight is 326 g/mol. The smallest absolute Gasteiger partial charge is 0.234 e. The second-order valence-electron chi connectivity index (χ2n) is 5.82. The average Bonchev–Trinajstić information content (AvgIpc) is 2.50. The van der Waals surface area contributed by atoms with E-state index in [4.69, 9.17) is 4.74 Å². The van der Waals surface area contributed by atoms with Crippen molar-refractivity contribution in [3.05, 3.63) is 29.8 Å². The Morgan fingerprint density at radius 1 is 1.45 bits per heavy atom. The maximum absolute atomic E-state index is 12.3. The van der Waals surface area contributed by atoms with Gasteiger partial charge < -0.3 is 15.4 Å². The van der Waals surface area contributed by atoms with E-state index in [9.17, 15) is 4.79 Å². The normalized spacial score (nSPS) is 24.6. The van der Waals surface area contributed by atoms with E-state index in [0.717, 1.165) is 37.4 Å². The van der Waals surface area contributed by atoms with Crippen LogP contribution in [0.2, 0.25) is 0 Å². The Hall–Kier alpha value is -1.30. The van der Waals surface area contributed by atoms with Crippen LogP contribution in [0.15, 0.2) is 24.3 Å². The maximum atomic E-state index is 12.3. The third-order valence-electron chi connectivity index (χ3n) is 4.28. The lowest BCUT2D eigenvalue weighted by molar-refractivity contribution is -0.123. The number of amides is 1. The molecule has 5 nitrogen and oxygen atoms in total. The van der Waals surface area contributed by atoms with Gasteiger partial charge in [-0.15, -0.1) is 12.4 Å². The molecule has 2 aliphatic heterocycles. The molecular weight excluding hydrogens is 302 g/mol. The van der Waals surface area contributed by atoms with Crippen molar-refractivity contribution in [2.75, 3.05) is 32.8 Å². The number of carbonyl (C=O) groups excluding carboxylic acids is 1. The molecule has 0 bridgehead atoms. The van der Waals surface area contributed by atoms with Gasteiger partial charge in [0.15, 0.2) is 0 Å². The first-order valence-electron chi connectivity index (χ1n) is 7.70. The van der Waals surface area contributed by atoms with E-state index in [-0.39, 0.29) is 24.4 Å². The molecule has 122 valence electrons. The van der Waals surface area contributed by atoms with Crippen LogP contribution in [-0.2, 0) is 4.79 Å². The van der Waals surface area contributed by atoms with Gasteiger partial charge in [0, 0.05) is 37.7 Å². The Kier molecular flexibility index (Phi) is 6.06. The minimum Gasteiger partial charge on any atom is -0.493 e. The number of hydrogen-bond acceptors (Lipinski definition) is 4. The Balaban J connectivity index is 0.00000176. The number of nitrogens with one attached hydrogen (secondary N) is 2. The Morgan fingerprint density at radius 3 is 3.09 bits per heavy atom. The van der Waals surface area contributed by atoms with Gasteiger partial charge in [-0.05, 0) is 13.0 Å². The first kappa shape index (κ1) is 17.1. The molecule has 0 radical (unpaired) electrons. The van der Waals surface area contributed by atoms with Crippen molar-refractivity contribution in [2.45, 2.75) is 25.4 Å². The molecule has 0 saturated carbocycles. The van der Waals surface area contributed by atoms with Crippen LogP contribution in [-0.4, -0.2) is 49.6 Å². The minimum atomic E-state index is 0. The zero-order valence-corrected chi connectivity index (χ0v) is 13.7. The van der Waals surface area contributed by atoms with Crippen molar-refractivity contribution < 1.29 is 9.53 Å². The highest BCUT2D eigenvalue weighted by atomic mass is 35.5. The second kappa shape index (κ2) is 7.81. The number of piperazine rings is 1. The van der Waals surface area contributed by atoms with E-state index in [1.54, 1.807) is 0 Å². The van der Waals surface area contributed by atoms with Gasteiger partial charge in [-0.2, -0.15) is 0 Å². The summed E-state index contributed by atoms with van der Waals surface area (Å²) in [6.07, 6.45) is 0.833. The molecule has 2 heterocycles. The molecule has 1 saturated heterocycles. The number of carbonyl (C=O) groups is 1. The summed E-state index contributed by atoms with van der Waals surface area (Å²) in [6, 6.07) is 8.43. The highest BCUT2D eigenvalue weighted by Gasteiger charge is 2.25. The van der Waals surface area contributed by atoms with Crippen molar-refractivity contribution in [1.29, 1.82) is 0 Å². The first-order valence-corrected chi connectivity index (χ1v) is 7.70. The van der Waals surface area contributed by atoms with E-state index >= 15 is 0 Å². The number of hydrogen-bond donors (Lipinski definition) is 2. The predicted octanol–water partition coefficient (Wildman–Crippen LogP) is 1.34. The molecule has 6 heteroatoms. The lowest BCUT2D eigenvalue weighted by Gasteiger charge is -2.34. The van der Waals surface area contributed by atoms with Crippen molar-refractivity contribution >= 4 is 18.3 Å². The second-order valence-corrected chi connectivity index (χ2v) is 5.82. The van der Waals surface area contributed by atoms with Crippen LogP contribution in [0.4, 0.5) is 0 Å². The summed E-state index contributed by atoms with van der Waals surface area (Å²) in [5.41, 5.74) is 1.09. The Labute approximate surface area is 137 Å². The molecule has 2 N–H and O–H groups in total. The maximum Gasteiger partial charge on any atom is 0.234 e. The topological polar surface area (TPSA) is 53.6 Å². The van der Waals surface area contributed by atoms with Crippen LogP contribution in [0.1, 0.15) is 24.9 Å². The van der Waals surface area contributed by atoms with Gasteiger partial charge >= 0.3 is 0 Å². The monoisotopic (exact) mass is 325 g/mol. The summed E-state index contributed by atoms with van der Waals surface area (Å²) in [4.78, 5) is 14.6. The molecule has 22 heavy (non-hydrogen) atoms. The number of fused-ring (bicyclic) bond motifs is 1. The number of ether oxygens (including phenoxy) is 1. The van der Waals surface area contributed by atoms with E-state index in [1.807, 2.05) is 24.3 Å². The fourth-order valence-electron chi connectivity index (χ4n) is 3.03. The summed E-state index contributed by atoms with van der Waals surface area (Å²) < 4.78 is 5.63. The summed E-state index contributed by atoms with van der Waals surface area (Å²) in [5, 5.41) is 6.50. The lowest BCUT2D eigenvalue weighted by Crippen LogP contribution is -2.53. The van der Waals surface area contributed by atoms with Crippen LogP contribution in [0.3, 0.4) is 0 Å². The van der Waals surface area contributed by atoms with Gasteiger partial charge in [0.25, 0.3) is 0 Å². The molecule has 1 amide bonds. The number of benzene rings is 1. The molecule has 0 spiro atoms. The van der Waals surface area contributed by atoms with E-state index < -0.39 is 0 Å². The van der Waals surface area contributed by atoms with Gasteiger partial charge in [-0.3, -0.25) is 9.69 Å². The highest BCUT2D eigenvalue weighted by Crippen LogP contribution is 2.31. The predicted molar refractivity (Wildman–Crippen MR) is 88.6 cm³/mol. The number of halogens is 1. The van der Waals surface area contributed by atoms with Gasteiger partial charge in [0.1, 0.15) is 5.75 Å². The molecule has 2 aliphatic rings. The van der Waals surface area contributed by atoms with Crippen LogP contribution in [0.25, 0.3) is 0 Å². The SMILES string of the molecule is C[C@@H]1CNCCN1CC(=O)NC1CCOc2ccccc21.Cl. The van der Waals surface area contributed by atoms with Gasteiger partial charge in [0.05, 0.1) is 19.2 Å².